The minimum atomic E-state index is -0.687. The monoisotopic (exact) mass is 213 g/mol. The van der Waals surface area contributed by atoms with E-state index in [0.717, 1.165) is 12.1 Å². The lowest BCUT2D eigenvalue weighted by Gasteiger charge is -2.07. The highest BCUT2D eigenvalue weighted by Crippen LogP contribution is 2.12. The molecule has 0 amide bonds. The lowest BCUT2D eigenvalue weighted by atomic mass is 9.99. The van der Waals surface area contributed by atoms with Crippen LogP contribution in [0, 0.1) is 17.6 Å². The van der Waals surface area contributed by atoms with Crippen LogP contribution in [0.1, 0.15) is 12.5 Å². The topological polar surface area (TPSA) is 43.1 Å². The van der Waals surface area contributed by atoms with Crippen LogP contribution in [0.3, 0.4) is 0 Å². The number of halogens is 2. The Morgan fingerprint density at radius 2 is 2.13 bits per heavy atom. The van der Waals surface area contributed by atoms with E-state index in [-0.39, 0.29) is 30.2 Å². The number of hydrogen-bond acceptors (Lipinski definition) is 2. The van der Waals surface area contributed by atoms with Crippen LogP contribution < -0.4 is 5.73 Å². The molecule has 0 spiro atoms. The van der Waals surface area contributed by atoms with E-state index in [1.54, 1.807) is 6.92 Å². The van der Waals surface area contributed by atoms with Gasteiger partial charge in [0.05, 0.1) is 0 Å². The zero-order valence-corrected chi connectivity index (χ0v) is 8.47. The van der Waals surface area contributed by atoms with Crippen molar-refractivity contribution in [1.29, 1.82) is 0 Å². The van der Waals surface area contributed by atoms with E-state index < -0.39 is 11.6 Å². The number of rotatable bonds is 4. The predicted octanol–water partition coefficient (Wildman–Crippen LogP) is 1.67. The van der Waals surface area contributed by atoms with Crippen LogP contribution in [0.25, 0.3) is 0 Å². The van der Waals surface area contributed by atoms with Crippen LogP contribution in [-0.4, -0.2) is 12.3 Å². The molecule has 0 saturated carbocycles. The Hall–Kier alpha value is -1.29. The fourth-order valence-corrected chi connectivity index (χ4v) is 1.16. The van der Waals surface area contributed by atoms with Crippen molar-refractivity contribution in [2.24, 2.45) is 11.7 Å². The normalized spacial score (nSPS) is 12.5. The number of carbonyl (C=O) groups is 1. The highest BCUT2D eigenvalue weighted by Gasteiger charge is 2.14. The smallest absolute Gasteiger partial charge is 0.141 e. The Bertz CT molecular complexity index is 366. The number of carbonyl (C=O) groups excluding carboxylic acids is 1. The summed E-state index contributed by atoms with van der Waals surface area (Å²) < 4.78 is 25.7. The standard InChI is InChI=1S/C11H13F2NO/c1-7(6-14)11(15)4-8-2-3-9(12)5-10(8)13/h2-3,5,7H,4,6,14H2,1H3. The van der Waals surface area contributed by atoms with E-state index >= 15 is 0 Å². The minimum absolute atomic E-state index is 0.0372. The first-order valence-corrected chi connectivity index (χ1v) is 4.71. The molecule has 0 fully saturated rings. The molecule has 0 aliphatic carbocycles. The quantitative estimate of drug-likeness (QED) is 0.826. The van der Waals surface area contributed by atoms with Crippen molar-refractivity contribution in [3.05, 3.63) is 35.4 Å². The largest absolute Gasteiger partial charge is 0.330 e. The van der Waals surface area contributed by atoms with Crippen molar-refractivity contribution in [2.75, 3.05) is 6.54 Å². The van der Waals surface area contributed by atoms with E-state index in [9.17, 15) is 13.6 Å². The Morgan fingerprint density at radius 1 is 1.47 bits per heavy atom. The molecule has 82 valence electrons. The molecule has 1 atom stereocenters. The second-order valence-corrected chi connectivity index (χ2v) is 3.52. The number of hydrogen-bond donors (Lipinski definition) is 1. The Balaban J connectivity index is 2.77. The van der Waals surface area contributed by atoms with E-state index in [0.29, 0.717) is 0 Å². The summed E-state index contributed by atoms with van der Waals surface area (Å²) in [5.41, 5.74) is 5.52. The molecule has 2 nitrogen and oxygen atoms in total. The maximum atomic E-state index is 13.2. The average Bonchev–Trinajstić information content (AvgIpc) is 2.20. The lowest BCUT2D eigenvalue weighted by molar-refractivity contribution is -0.121. The molecule has 0 radical (unpaired) electrons. The Morgan fingerprint density at radius 3 is 2.67 bits per heavy atom. The minimum Gasteiger partial charge on any atom is -0.330 e. The molecule has 0 bridgehead atoms. The maximum absolute atomic E-state index is 13.2. The highest BCUT2D eigenvalue weighted by molar-refractivity contribution is 5.83. The second kappa shape index (κ2) is 4.98. The van der Waals surface area contributed by atoms with Gasteiger partial charge in [0.15, 0.2) is 0 Å². The summed E-state index contributed by atoms with van der Waals surface area (Å²) in [6.45, 7) is 1.92. The van der Waals surface area contributed by atoms with Gasteiger partial charge >= 0.3 is 0 Å². The second-order valence-electron chi connectivity index (χ2n) is 3.52. The van der Waals surface area contributed by atoms with Gasteiger partial charge in [0, 0.05) is 24.9 Å². The Labute approximate surface area is 87.1 Å². The van der Waals surface area contributed by atoms with Gasteiger partial charge in [-0.1, -0.05) is 13.0 Å². The summed E-state index contributed by atoms with van der Waals surface area (Å²) in [5.74, 6) is -1.76. The molecule has 15 heavy (non-hydrogen) atoms. The third kappa shape index (κ3) is 3.09. The molecule has 1 aromatic rings. The molecule has 1 unspecified atom stereocenters. The van der Waals surface area contributed by atoms with Crippen LogP contribution in [-0.2, 0) is 11.2 Å². The van der Waals surface area contributed by atoms with E-state index in [1.165, 1.54) is 6.07 Å². The number of nitrogens with two attached hydrogens (primary N) is 1. The third-order valence-corrected chi connectivity index (χ3v) is 2.28. The zero-order chi connectivity index (χ0) is 11.4. The van der Waals surface area contributed by atoms with Gasteiger partial charge in [-0.3, -0.25) is 4.79 Å². The third-order valence-electron chi connectivity index (χ3n) is 2.28. The van der Waals surface area contributed by atoms with Crippen LogP contribution >= 0.6 is 0 Å². The predicted molar refractivity (Wildman–Crippen MR) is 53.3 cm³/mol. The summed E-state index contributed by atoms with van der Waals surface area (Å²) in [6.07, 6.45) is -0.0372. The van der Waals surface area contributed by atoms with Crippen molar-refractivity contribution < 1.29 is 13.6 Å². The molecule has 0 heterocycles. The molecule has 1 aromatic carbocycles. The van der Waals surface area contributed by atoms with Crippen LogP contribution in [0.2, 0.25) is 0 Å². The highest BCUT2D eigenvalue weighted by atomic mass is 19.1. The van der Waals surface area contributed by atoms with Crippen molar-refractivity contribution in [2.45, 2.75) is 13.3 Å². The molecule has 0 aliphatic rings. The fourth-order valence-electron chi connectivity index (χ4n) is 1.16. The number of ketones is 1. The van der Waals surface area contributed by atoms with Crippen LogP contribution in [0.15, 0.2) is 18.2 Å². The van der Waals surface area contributed by atoms with Gasteiger partial charge in [-0.25, -0.2) is 8.78 Å². The van der Waals surface area contributed by atoms with Gasteiger partial charge in [0.2, 0.25) is 0 Å². The number of benzene rings is 1. The van der Waals surface area contributed by atoms with Gasteiger partial charge in [-0.15, -0.1) is 0 Å². The SMILES string of the molecule is CC(CN)C(=O)Cc1ccc(F)cc1F. The van der Waals surface area contributed by atoms with Crippen molar-refractivity contribution >= 4 is 5.78 Å². The van der Waals surface area contributed by atoms with Crippen molar-refractivity contribution in [3.8, 4) is 0 Å². The summed E-state index contributed by atoms with van der Waals surface area (Å²) >= 11 is 0. The first-order valence-electron chi connectivity index (χ1n) is 4.71. The van der Waals surface area contributed by atoms with Gasteiger partial charge in [0.1, 0.15) is 17.4 Å². The molecule has 0 aromatic heterocycles. The van der Waals surface area contributed by atoms with Gasteiger partial charge in [0.25, 0.3) is 0 Å². The molecule has 0 saturated heterocycles. The molecular formula is C11H13F2NO. The van der Waals surface area contributed by atoms with Crippen LogP contribution in [0.5, 0.6) is 0 Å². The fraction of sp³-hybridized carbons (Fsp3) is 0.364. The van der Waals surface area contributed by atoms with E-state index in [1.807, 2.05) is 0 Å². The van der Waals surface area contributed by atoms with Gasteiger partial charge < -0.3 is 5.73 Å². The summed E-state index contributed by atoms with van der Waals surface area (Å²) in [4.78, 5) is 11.4. The first-order chi connectivity index (χ1) is 7.04. The van der Waals surface area contributed by atoms with Crippen molar-refractivity contribution in [1.82, 2.24) is 0 Å². The first kappa shape index (κ1) is 11.8. The van der Waals surface area contributed by atoms with Crippen LogP contribution in [0.4, 0.5) is 8.78 Å². The zero-order valence-electron chi connectivity index (χ0n) is 8.47. The number of Topliss-reactive ketones (excluding diaryl/α,β-unsaturated/α-hetero) is 1. The Kier molecular flexibility index (Phi) is 3.91. The molecule has 0 aliphatic heterocycles. The summed E-state index contributed by atoms with van der Waals surface area (Å²) in [7, 11) is 0. The van der Waals surface area contributed by atoms with Gasteiger partial charge in [-0.2, -0.15) is 0 Å². The summed E-state index contributed by atoms with van der Waals surface area (Å²) in [5, 5.41) is 0. The van der Waals surface area contributed by atoms with Gasteiger partial charge in [-0.05, 0) is 11.6 Å². The summed E-state index contributed by atoms with van der Waals surface area (Å²) in [6, 6.07) is 3.19. The average molecular weight is 213 g/mol. The molecule has 2 N–H and O–H groups in total. The molecule has 1 rings (SSSR count). The van der Waals surface area contributed by atoms with Crippen molar-refractivity contribution in [3.63, 3.8) is 0 Å². The maximum Gasteiger partial charge on any atom is 0.141 e. The lowest BCUT2D eigenvalue weighted by Crippen LogP contribution is -2.22. The molecular weight excluding hydrogens is 200 g/mol. The molecule has 4 heteroatoms. The van der Waals surface area contributed by atoms with E-state index in [2.05, 4.69) is 0 Å². The van der Waals surface area contributed by atoms with E-state index in [4.69, 9.17) is 5.73 Å².